The number of hydrogen-bond acceptors (Lipinski definition) is 4. The minimum absolute atomic E-state index is 0.113. The van der Waals surface area contributed by atoms with Crippen LogP contribution in [-0.2, 0) is 19.6 Å². The van der Waals surface area contributed by atoms with Crippen molar-refractivity contribution in [2.45, 2.75) is 57.6 Å². The first kappa shape index (κ1) is 17.0. The molecule has 23 heavy (non-hydrogen) atoms. The number of rotatable bonds is 6. The minimum Gasteiger partial charge on any atom is -0.381 e. The molecule has 0 radical (unpaired) electrons. The van der Waals surface area contributed by atoms with Crippen molar-refractivity contribution in [1.82, 2.24) is 4.31 Å². The number of sulfonamides is 1. The van der Waals surface area contributed by atoms with Gasteiger partial charge in [0.15, 0.2) is 0 Å². The van der Waals surface area contributed by atoms with Gasteiger partial charge < -0.3 is 4.74 Å². The van der Waals surface area contributed by atoms with Crippen LogP contribution in [-0.4, -0.2) is 43.6 Å². The fourth-order valence-electron chi connectivity index (χ4n) is 5.04. The zero-order valence-corrected chi connectivity index (χ0v) is 14.8. The molecule has 0 N–H and O–H groups in total. The molecule has 1 spiro atoms. The average Bonchev–Trinajstić information content (AvgIpc) is 3.10. The van der Waals surface area contributed by atoms with E-state index in [-0.39, 0.29) is 29.2 Å². The molecule has 6 heteroatoms. The third kappa shape index (κ3) is 2.64. The van der Waals surface area contributed by atoms with Crippen LogP contribution in [0.3, 0.4) is 0 Å². The maximum Gasteiger partial charge on any atom is 0.241 e. The molecule has 1 unspecified atom stereocenters. The molecule has 0 aromatic rings. The van der Waals surface area contributed by atoms with Gasteiger partial charge in [-0.05, 0) is 44.4 Å². The summed E-state index contributed by atoms with van der Waals surface area (Å²) >= 11 is 0. The van der Waals surface area contributed by atoms with Crippen LogP contribution in [0.15, 0.2) is 12.7 Å². The Bertz CT molecular complexity index is 602. The van der Waals surface area contributed by atoms with E-state index in [1.807, 2.05) is 0 Å². The van der Waals surface area contributed by atoms with Crippen molar-refractivity contribution < 1.29 is 17.9 Å². The van der Waals surface area contributed by atoms with Gasteiger partial charge in [-0.1, -0.05) is 13.0 Å². The van der Waals surface area contributed by atoms with Crippen LogP contribution >= 0.6 is 0 Å². The molecule has 2 aliphatic carbocycles. The van der Waals surface area contributed by atoms with E-state index in [9.17, 15) is 13.2 Å². The fraction of sp³-hybridized carbons (Fsp3) is 0.824. The van der Waals surface area contributed by atoms with Gasteiger partial charge in [-0.25, -0.2) is 12.7 Å². The van der Waals surface area contributed by atoms with E-state index < -0.39 is 15.9 Å². The maximum absolute atomic E-state index is 13.0. The van der Waals surface area contributed by atoms with Crippen LogP contribution in [0.5, 0.6) is 0 Å². The number of nitrogens with zero attached hydrogens (tertiary/aromatic N) is 1. The average molecular weight is 341 g/mol. The highest BCUT2D eigenvalue weighted by Gasteiger charge is 2.64. The van der Waals surface area contributed by atoms with Crippen LogP contribution in [0, 0.1) is 17.3 Å². The van der Waals surface area contributed by atoms with Gasteiger partial charge in [-0.15, -0.1) is 6.58 Å². The van der Waals surface area contributed by atoms with Gasteiger partial charge in [-0.2, -0.15) is 0 Å². The standard InChI is InChI=1S/C17H27NO4S/c1-4-5-6-14(22-3)12(2)16(19)18-15-9-13-7-8-17(15,10-13)11-23(18,20)21/h4,12-15H,1,5-11H2,2-3H3/t12-,13?,14-,15+,17+/m1/s1. The Morgan fingerprint density at radius 3 is 2.87 bits per heavy atom. The number of amides is 1. The predicted octanol–water partition coefficient (Wildman–Crippen LogP) is 2.33. The Kier molecular flexibility index (Phi) is 4.34. The molecule has 3 rings (SSSR count). The van der Waals surface area contributed by atoms with E-state index in [1.165, 1.54) is 4.31 Å². The van der Waals surface area contributed by atoms with Gasteiger partial charge in [-0.3, -0.25) is 4.79 Å². The Balaban J connectivity index is 1.82. The maximum atomic E-state index is 13.0. The molecule has 1 saturated heterocycles. The molecule has 0 aromatic heterocycles. The number of carbonyl (C=O) groups excluding carboxylic acids is 1. The van der Waals surface area contributed by atoms with E-state index in [1.54, 1.807) is 20.1 Å². The molecule has 5 nitrogen and oxygen atoms in total. The third-order valence-corrected chi connectivity index (χ3v) is 8.16. The molecule has 1 aliphatic heterocycles. The first-order valence-corrected chi connectivity index (χ1v) is 10.2. The summed E-state index contributed by atoms with van der Waals surface area (Å²) in [6.07, 6.45) is 6.83. The van der Waals surface area contributed by atoms with Crippen molar-refractivity contribution in [3.8, 4) is 0 Å². The van der Waals surface area contributed by atoms with Gasteiger partial charge in [0.1, 0.15) is 0 Å². The van der Waals surface area contributed by atoms with Crippen molar-refractivity contribution in [2.24, 2.45) is 17.3 Å². The van der Waals surface area contributed by atoms with E-state index in [4.69, 9.17) is 4.74 Å². The van der Waals surface area contributed by atoms with Gasteiger partial charge in [0.2, 0.25) is 15.9 Å². The summed E-state index contributed by atoms with van der Waals surface area (Å²) in [4.78, 5) is 13.0. The molecular weight excluding hydrogens is 314 g/mol. The van der Waals surface area contributed by atoms with E-state index in [2.05, 4.69) is 6.58 Å². The highest BCUT2D eigenvalue weighted by molar-refractivity contribution is 7.90. The van der Waals surface area contributed by atoms with Crippen LogP contribution in [0.2, 0.25) is 0 Å². The lowest BCUT2D eigenvalue weighted by atomic mass is 9.81. The topological polar surface area (TPSA) is 63.7 Å². The van der Waals surface area contributed by atoms with Crippen molar-refractivity contribution >= 4 is 15.9 Å². The number of fused-ring (bicyclic) bond motifs is 1. The van der Waals surface area contributed by atoms with Crippen LogP contribution in [0.1, 0.15) is 45.4 Å². The Labute approximate surface area is 139 Å². The largest absolute Gasteiger partial charge is 0.381 e. The molecular formula is C17H27NO4S. The van der Waals surface area contributed by atoms with Gasteiger partial charge in [0.25, 0.3) is 0 Å². The van der Waals surface area contributed by atoms with Gasteiger partial charge in [0, 0.05) is 12.5 Å². The van der Waals surface area contributed by atoms with Crippen LogP contribution in [0.25, 0.3) is 0 Å². The second-order valence-corrected chi connectivity index (χ2v) is 9.39. The number of ether oxygens (including phenoxy) is 1. The molecule has 1 heterocycles. The second kappa shape index (κ2) is 5.88. The normalized spacial score (nSPS) is 36.7. The second-order valence-electron chi connectivity index (χ2n) is 7.54. The van der Waals surface area contributed by atoms with Gasteiger partial charge in [0.05, 0.1) is 23.8 Å². The number of hydrogen-bond donors (Lipinski definition) is 0. The zero-order valence-electron chi connectivity index (χ0n) is 14.0. The lowest BCUT2D eigenvalue weighted by molar-refractivity contribution is -0.137. The van der Waals surface area contributed by atoms with Crippen molar-refractivity contribution in [2.75, 3.05) is 12.9 Å². The Morgan fingerprint density at radius 1 is 1.52 bits per heavy atom. The lowest BCUT2D eigenvalue weighted by Crippen LogP contribution is -2.47. The van der Waals surface area contributed by atoms with Crippen molar-refractivity contribution in [3.05, 3.63) is 12.7 Å². The molecule has 3 aliphatic rings. The summed E-state index contributed by atoms with van der Waals surface area (Å²) in [5.74, 6) is 0.0173. The van der Waals surface area contributed by atoms with Gasteiger partial charge >= 0.3 is 0 Å². The molecule has 2 saturated carbocycles. The van der Waals surface area contributed by atoms with Crippen molar-refractivity contribution in [1.29, 1.82) is 0 Å². The summed E-state index contributed by atoms with van der Waals surface area (Å²) in [5.41, 5.74) is -0.164. The van der Waals surface area contributed by atoms with E-state index in [0.717, 1.165) is 32.1 Å². The molecule has 2 bridgehead atoms. The number of carbonyl (C=O) groups is 1. The van der Waals surface area contributed by atoms with E-state index >= 15 is 0 Å². The third-order valence-electron chi connectivity index (χ3n) is 6.18. The Hall–Kier alpha value is -0.880. The molecule has 130 valence electrons. The molecule has 1 amide bonds. The van der Waals surface area contributed by atoms with E-state index in [0.29, 0.717) is 12.3 Å². The van der Waals surface area contributed by atoms with Crippen LogP contribution < -0.4 is 0 Å². The summed E-state index contributed by atoms with van der Waals surface area (Å²) in [7, 11) is -1.91. The smallest absolute Gasteiger partial charge is 0.241 e. The molecule has 5 atom stereocenters. The SMILES string of the molecule is C=CCC[C@@H](OC)[C@@H](C)C(=O)N1[C@H]2CC3CC[C@]2(C3)CS1(=O)=O. The minimum atomic E-state index is -3.49. The predicted molar refractivity (Wildman–Crippen MR) is 88.2 cm³/mol. The fourth-order valence-corrected chi connectivity index (χ4v) is 7.50. The van der Waals surface area contributed by atoms with Crippen LogP contribution in [0.4, 0.5) is 0 Å². The Morgan fingerprint density at radius 2 is 2.26 bits per heavy atom. The summed E-state index contributed by atoms with van der Waals surface area (Å²) in [6, 6.07) is -0.113. The number of allylic oxidation sites excluding steroid dienone is 1. The summed E-state index contributed by atoms with van der Waals surface area (Å²) < 4.78 is 32.0. The quantitative estimate of drug-likeness (QED) is 0.696. The van der Waals surface area contributed by atoms with Crippen molar-refractivity contribution in [3.63, 3.8) is 0 Å². The first-order valence-electron chi connectivity index (χ1n) is 8.54. The molecule has 3 fully saturated rings. The summed E-state index contributed by atoms with van der Waals surface area (Å²) in [5, 5.41) is 0. The lowest BCUT2D eigenvalue weighted by Gasteiger charge is -2.33. The number of methoxy groups -OCH3 is 1. The zero-order chi connectivity index (χ0) is 16.8. The molecule has 0 aromatic carbocycles. The monoisotopic (exact) mass is 341 g/mol. The highest BCUT2D eigenvalue weighted by Crippen LogP contribution is 2.60. The summed E-state index contributed by atoms with van der Waals surface area (Å²) in [6.45, 7) is 5.48. The highest BCUT2D eigenvalue weighted by atomic mass is 32.2. The first-order chi connectivity index (χ1) is 10.8.